The molecule has 0 radical (unpaired) electrons. The van der Waals surface area contributed by atoms with Crippen molar-refractivity contribution in [2.75, 3.05) is 13.2 Å². The van der Waals surface area contributed by atoms with Crippen LogP contribution in [0.2, 0.25) is 0 Å². The first-order chi connectivity index (χ1) is 4.33. The quantitative estimate of drug-likeness (QED) is 0.557. The van der Waals surface area contributed by atoms with Crippen LogP contribution in [0.5, 0.6) is 0 Å². The third-order valence-electron chi connectivity index (χ3n) is 2.02. The molecule has 50 valence electrons. The highest BCUT2D eigenvalue weighted by Crippen LogP contribution is 2.34. The van der Waals surface area contributed by atoms with E-state index in [4.69, 9.17) is 10.00 Å². The summed E-state index contributed by atoms with van der Waals surface area (Å²) in [7, 11) is 0. The monoisotopic (exact) mass is 125 g/mol. The van der Waals surface area contributed by atoms with Crippen molar-refractivity contribution in [3.05, 3.63) is 0 Å². The summed E-state index contributed by atoms with van der Waals surface area (Å²) < 4.78 is 5.03. The van der Waals surface area contributed by atoms with Gasteiger partial charge in [0.1, 0.15) is 0 Å². The van der Waals surface area contributed by atoms with Gasteiger partial charge in [0.25, 0.3) is 0 Å². The van der Waals surface area contributed by atoms with Crippen molar-refractivity contribution >= 4 is 0 Å². The maximum Gasteiger partial charge on any atom is 0.0629 e. The van der Waals surface area contributed by atoms with Gasteiger partial charge in [-0.1, -0.05) is 6.92 Å². The van der Waals surface area contributed by atoms with Gasteiger partial charge < -0.3 is 4.74 Å². The molecule has 0 aromatic carbocycles. The lowest BCUT2D eigenvalue weighted by molar-refractivity contribution is -0.111. The van der Waals surface area contributed by atoms with Crippen molar-refractivity contribution in [3.8, 4) is 6.07 Å². The first kappa shape index (κ1) is 6.57. The predicted molar refractivity (Wildman–Crippen MR) is 33.8 cm³/mol. The number of rotatable bonds is 2. The summed E-state index contributed by atoms with van der Waals surface area (Å²) in [5.41, 5.74) is 0.231. The summed E-state index contributed by atoms with van der Waals surface area (Å²) in [5, 5.41) is 8.39. The van der Waals surface area contributed by atoms with Crippen molar-refractivity contribution in [3.63, 3.8) is 0 Å². The van der Waals surface area contributed by atoms with Gasteiger partial charge in [-0.25, -0.2) is 0 Å². The van der Waals surface area contributed by atoms with Crippen molar-refractivity contribution < 1.29 is 4.74 Å². The minimum absolute atomic E-state index is 0.231. The minimum atomic E-state index is 0.231. The summed E-state index contributed by atoms with van der Waals surface area (Å²) in [4.78, 5) is 0. The van der Waals surface area contributed by atoms with Gasteiger partial charge in [0.05, 0.1) is 19.3 Å². The Morgan fingerprint density at radius 2 is 2.33 bits per heavy atom. The van der Waals surface area contributed by atoms with Crippen molar-refractivity contribution in [2.45, 2.75) is 19.8 Å². The molecule has 1 heterocycles. The van der Waals surface area contributed by atoms with E-state index in [1.807, 2.05) is 0 Å². The van der Waals surface area contributed by atoms with E-state index in [1.54, 1.807) is 0 Å². The molecule has 1 aliphatic heterocycles. The lowest BCUT2D eigenvalue weighted by atomic mass is 9.81. The first-order valence-corrected chi connectivity index (χ1v) is 3.28. The molecule has 0 aromatic rings. The molecule has 0 aromatic heterocycles. The van der Waals surface area contributed by atoms with Crippen molar-refractivity contribution in [1.29, 1.82) is 5.26 Å². The lowest BCUT2D eigenvalue weighted by Gasteiger charge is -2.38. The van der Waals surface area contributed by atoms with E-state index in [0.29, 0.717) is 6.42 Å². The van der Waals surface area contributed by atoms with Crippen LogP contribution in [0.1, 0.15) is 19.8 Å². The summed E-state index contributed by atoms with van der Waals surface area (Å²) in [5.74, 6) is 0. The predicted octanol–water partition coefficient (Wildman–Crippen LogP) is 1.33. The van der Waals surface area contributed by atoms with Crippen LogP contribution in [0.3, 0.4) is 0 Å². The summed E-state index contributed by atoms with van der Waals surface area (Å²) >= 11 is 0. The number of hydrogen-bond donors (Lipinski definition) is 0. The van der Waals surface area contributed by atoms with E-state index in [9.17, 15) is 0 Å². The molecule has 1 fully saturated rings. The molecule has 0 saturated carbocycles. The average Bonchev–Trinajstić information content (AvgIpc) is 1.79. The van der Waals surface area contributed by atoms with Crippen LogP contribution in [-0.2, 0) is 4.74 Å². The highest BCUT2D eigenvalue weighted by molar-refractivity contribution is 4.92. The molecule has 0 aliphatic carbocycles. The second kappa shape index (κ2) is 2.36. The number of hydrogen-bond acceptors (Lipinski definition) is 2. The Labute approximate surface area is 55.4 Å². The van der Waals surface area contributed by atoms with Gasteiger partial charge in [0.2, 0.25) is 0 Å². The minimum Gasteiger partial charge on any atom is -0.380 e. The van der Waals surface area contributed by atoms with E-state index in [2.05, 4.69) is 13.0 Å². The van der Waals surface area contributed by atoms with Gasteiger partial charge >= 0.3 is 0 Å². The number of ether oxygens (including phenoxy) is 1. The molecule has 0 unspecified atom stereocenters. The fourth-order valence-corrected chi connectivity index (χ4v) is 0.990. The smallest absolute Gasteiger partial charge is 0.0629 e. The Morgan fingerprint density at radius 3 is 2.44 bits per heavy atom. The van der Waals surface area contributed by atoms with E-state index in [1.165, 1.54) is 0 Å². The van der Waals surface area contributed by atoms with Gasteiger partial charge in [-0.3, -0.25) is 0 Å². The number of nitriles is 1. The van der Waals surface area contributed by atoms with Crippen LogP contribution >= 0.6 is 0 Å². The molecule has 1 rings (SSSR count). The van der Waals surface area contributed by atoms with Crippen LogP contribution in [0, 0.1) is 16.7 Å². The standard InChI is InChI=1S/C7H11NO/c1-2-7(3-4-8)5-9-6-7/h2-3,5-6H2,1H3. The maximum atomic E-state index is 8.39. The zero-order valence-corrected chi connectivity index (χ0v) is 5.68. The number of nitrogens with zero attached hydrogens (tertiary/aromatic N) is 1. The van der Waals surface area contributed by atoms with Gasteiger partial charge in [0, 0.05) is 11.8 Å². The van der Waals surface area contributed by atoms with Gasteiger partial charge in [0.15, 0.2) is 0 Å². The van der Waals surface area contributed by atoms with Crippen LogP contribution in [-0.4, -0.2) is 13.2 Å². The van der Waals surface area contributed by atoms with E-state index >= 15 is 0 Å². The fraction of sp³-hybridized carbons (Fsp3) is 0.857. The van der Waals surface area contributed by atoms with E-state index in [-0.39, 0.29) is 5.41 Å². The van der Waals surface area contributed by atoms with E-state index in [0.717, 1.165) is 19.6 Å². The largest absolute Gasteiger partial charge is 0.380 e. The molecule has 0 N–H and O–H groups in total. The third kappa shape index (κ3) is 1.06. The zero-order valence-electron chi connectivity index (χ0n) is 5.68. The lowest BCUT2D eigenvalue weighted by Crippen LogP contribution is -2.41. The molecule has 0 amide bonds. The average molecular weight is 125 g/mol. The van der Waals surface area contributed by atoms with Crippen LogP contribution in [0.4, 0.5) is 0 Å². The molecule has 2 heteroatoms. The van der Waals surface area contributed by atoms with Gasteiger partial charge in [-0.15, -0.1) is 0 Å². The normalized spacial score (nSPS) is 22.2. The summed E-state index contributed by atoms with van der Waals surface area (Å²) in [6, 6.07) is 2.18. The molecule has 9 heavy (non-hydrogen) atoms. The summed E-state index contributed by atoms with van der Waals surface area (Å²) in [6.45, 7) is 3.69. The molecule has 0 spiro atoms. The Balaban J connectivity index is 2.39. The molecule has 0 bridgehead atoms. The Kier molecular flexibility index (Phi) is 1.73. The van der Waals surface area contributed by atoms with Gasteiger partial charge in [-0.05, 0) is 6.42 Å². The van der Waals surface area contributed by atoms with Crippen LogP contribution < -0.4 is 0 Å². The molecule has 1 saturated heterocycles. The summed E-state index contributed by atoms with van der Waals surface area (Å²) in [6.07, 6.45) is 1.73. The molecule has 1 aliphatic rings. The Morgan fingerprint density at radius 1 is 1.67 bits per heavy atom. The molecule has 0 atom stereocenters. The van der Waals surface area contributed by atoms with Crippen molar-refractivity contribution in [1.82, 2.24) is 0 Å². The topological polar surface area (TPSA) is 33.0 Å². The third-order valence-corrected chi connectivity index (χ3v) is 2.02. The van der Waals surface area contributed by atoms with Gasteiger partial charge in [-0.2, -0.15) is 5.26 Å². The highest BCUT2D eigenvalue weighted by atomic mass is 16.5. The maximum absolute atomic E-state index is 8.39. The zero-order chi connectivity index (χ0) is 6.74. The van der Waals surface area contributed by atoms with E-state index < -0.39 is 0 Å². The highest BCUT2D eigenvalue weighted by Gasteiger charge is 2.36. The Hall–Kier alpha value is -0.550. The second-order valence-corrected chi connectivity index (χ2v) is 2.68. The molecular weight excluding hydrogens is 114 g/mol. The second-order valence-electron chi connectivity index (χ2n) is 2.68. The Bertz CT molecular complexity index is 127. The first-order valence-electron chi connectivity index (χ1n) is 3.28. The van der Waals surface area contributed by atoms with Crippen LogP contribution in [0.25, 0.3) is 0 Å². The SMILES string of the molecule is CCC1(CC#N)COC1. The molecule has 2 nitrogen and oxygen atoms in total. The fourth-order valence-electron chi connectivity index (χ4n) is 0.990. The van der Waals surface area contributed by atoms with Crippen LogP contribution in [0.15, 0.2) is 0 Å². The molecular formula is C7H11NO. The van der Waals surface area contributed by atoms with Crippen molar-refractivity contribution in [2.24, 2.45) is 5.41 Å².